The van der Waals surface area contributed by atoms with Crippen LogP contribution >= 0.6 is 0 Å². The number of rotatable bonds is 10. The van der Waals surface area contributed by atoms with E-state index < -0.39 is 5.82 Å². The lowest BCUT2D eigenvalue weighted by atomic mass is 9.97. The van der Waals surface area contributed by atoms with Gasteiger partial charge in [0.15, 0.2) is 11.6 Å². The summed E-state index contributed by atoms with van der Waals surface area (Å²) in [5.74, 6) is -0.414. The molecule has 1 aliphatic heterocycles. The van der Waals surface area contributed by atoms with Crippen LogP contribution in [0.2, 0.25) is 0 Å². The second-order valence-electron chi connectivity index (χ2n) is 7.06. The van der Waals surface area contributed by atoms with Crippen molar-refractivity contribution in [3.8, 4) is 5.75 Å². The van der Waals surface area contributed by atoms with E-state index >= 15 is 0 Å². The molecule has 6 heteroatoms. The van der Waals surface area contributed by atoms with Crippen LogP contribution in [0.4, 0.5) is 4.39 Å². The van der Waals surface area contributed by atoms with Crippen LogP contribution in [0, 0.1) is 11.7 Å². The minimum atomic E-state index is -0.432. The molecule has 0 radical (unpaired) electrons. The van der Waals surface area contributed by atoms with Crippen molar-refractivity contribution in [1.29, 1.82) is 0 Å². The van der Waals surface area contributed by atoms with Crippen molar-refractivity contribution in [3.05, 3.63) is 30.1 Å². The summed E-state index contributed by atoms with van der Waals surface area (Å²) in [5, 5.41) is 3.00. The fraction of sp³-hybridized carbons (Fsp3) is 0.619. The quantitative estimate of drug-likeness (QED) is 0.634. The zero-order valence-electron chi connectivity index (χ0n) is 16.2. The molecule has 27 heavy (non-hydrogen) atoms. The van der Waals surface area contributed by atoms with Gasteiger partial charge in [-0.2, -0.15) is 0 Å². The zero-order valence-corrected chi connectivity index (χ0v) is 16.2. The smallest absolute Gasteiger partial charge is 0.226 e. The highest BCUT2D eigenvalue weighted by Gasteiger charge is 2.28. The van der Waals surface area contributed by atoms with E-state index in [1.165, 1.54) is 18.9 Å². The molecule has 1 saturated heterocycles. The van der Waals surface area contributed by atoms with Crippen molar-refractivity contribution in [1.82, 2.24) is 10.2 Å². The van der Waals surface area contributed by atoms with Crippen LogP contribution in [0.1, 0.15) is 51.9 Å². The summed E-state index contributed by atoms with van der Waals surface area (Å²) in [5.41, 5.74) is 0. The molecule has 1 aliphatic rings. The number of nitrogens with zero attached hydrogens (tertiary/aromatic N) is 1. The second kappa shape index (κ2) is 11.6. The van der Waals surface area contributed by atoms with E-state index in [0.29, 0.717) is 19.6 Å². The highest BCUT2D eigenvalue weighted by molar-refractivity contribution is 5.81. The second-order valence-corrected chi connectivity index (χ2v) is 7.06. The standard InChI is InChI=1S/C21H31FN2O3/c1-2-3-4-7-13-23-21(26)17-9-8-14-24(16-17)20(25)12-15-27-19-11-6-5-10-18(19)22/h5-6,10-11,17H,2-4,7-9,12-16H2,1H3,(H,23,26). The number of benzene rings is 1. The van der Waals surface area contributed by atoms with Gasteiger partial charge in [-0.05, 0) is 31.4 Å². The molecule has 0 aromatic heterocycles. The van der Waals surface area contributed by atoms with Gasteiger partial charge in [-0.3, -0.25) is 9.59 Å². The fourth-order valence-corrected chi connectivity index (χ4v) is 3.29. The lowest BCUT2D eigenvalue weighted by molar-refractivity contribution is -0.136. The van der Waals surface area contributed by atoms with Crippen LogP contribution in [-0.2, 0) is 9.59 Å². The van der Waals surface area contributed by atoms with E-state index in [4.69, 9.17) is 4.74 Å². The van der Waals surface area contributed by atoms with Gasteiger partial charge in [-0.25, -0.2) is 4.39 Å². The van der Waals surface area contributed by atoms with Crippen LogP contribution in [0.5, 0.6) is 5.75 Å². The van der Waals surface area contributed by atoms with E-state index in [9.17, 15) is 14.0 Å². The molecule has 0 aliphatic carbocycles. The molecule has 150 valence electrons. The largest absolute Gasteiger partial charge is 0.490 e. The Morgan fingerprint density at radius 2 is 2.07 bits per heavy atom. The number of para-hydroxylation sites is 1. The third-order valence-electron chi connectivity index (χ3n) is 4.88. The normalized spacial score (nSPS) is 16.8. The number of halogens is 1. The number of unbranched alkanes of at least 4 members (excludes halogenated alkanes) is 3. The summed E-state index contributed by atoms with van der Waals surface area (Å²) < 4.78 is 18.9. The van der Waals surface area contributed by atoms with Crippen LogP contribution < -0.4 is 10.1 Å². The predicted octanol–water partition coefficient (Wildman–Crippen LogP) is 3.53. The van der Waals surface area contributed by atoms with Crippen LogP contribution in [0.3, 0.4) is 0 Å². The van der Waals surface area contributed by atoms with E-state index in [1.807, 2.05) is 0 Å². The number of hydrogen-bond acceptors (Lipinski definition) is 3. The predicted molar refractivity (Wildman–Crippen MR) is 103 cm³/mol. The third kappa shape index (κ3) is 7.19. The highest BCUT2D eigenvalue weighted by Crippen LogP contribution is 2.19. The van der Waals surface area contributed by atoms with E-state index in [-0.39, 0.29) is 36.5 Å². The molecule has 1 heterocycles. The van der Waals surface area contributed by atoms with E-state index in [1.54, 1.807) is 23.1 Å². The molecule has 1 N–H and O–H groups in total. The monoisotopic (exact) mass is 378 g/mol. The summed E-state index contributed by atoms with van der Waals surface area (Å²) in [7, 11) is 0. The SMILES string of the molecule is CCCCCCNC(=O)C1CCCN(C(=O)CCOc2ccccc2F)C1. The number of amides is 2. The first kappa shape index (κ1) is 21.2. The Morgan fingerprint density at radius 3 is 2.85 bits per heavy atom. The van der Waals surface area contributed by atoms with Gasteiger partial charge in [0.25, 0.3) is 0 Å². The lowest BCUT2D eigenvalue weighted by Crippen LogP contribution is -2.45. The van der Waals surface area contributed by atoms with Gasteiger partial charge in [0.05, 0.1) is 18.9 Å². The van der Waals surface area contributed by atoms with E-state index in [0.717, 1.165) is 25.7 Å². The molecule has 1 fully saturated rings. The Kier molecular flexibility index (Phi) is 9.08. The molecule has 5 nitrogen and oxygen atoms in total. The molecular formula is C21H31FN2O3. The van der Waals surface area contributed by atoms with Crippen molar-refractivity contribution in [3.63, 3.8) is 0 Å². The van der Waals surface area contributed by atoms with Gasteiger partial charge >= 0.3 is 0 Å². The van der Waals surface area contributed by atoms with Crippen LogP contribution in [0.15, 0.2) is 24.3 Å². The molecule has 0 spiro atoms. The number of carbonyl (C=O) groups is 2. The first-order chi connectivity index (χ1) is 13.1. The van der Waals surface area contributed by atoms with Gasteiger partial charge in [-0.1, -0.05) is 38.3 Å². The van der Waals surface area contributed by atoms with Gasteiger partial charge in [0, 0.05) is 19.6 Å². The maximum absolute atomic E-state index is 13.5. The van der Waals surface area contributed by atoms with Gasteiger partial charge in [0.2, 0.25) is 11.8 Å². The Labute approximate surface area is 161 Å². The van der Waals surface area contributed by atoms with Crippen LogP contribution in [-0.4, -0.2) is 43.0 Å². The van der Waals surface area contributed by atoms with Crippen molar-refractivity contribution in [2.24, 2.45) is 5.92 Å². The van der Waals surface area contributed by atoms with Gasteiger partial charge < -0.3 is 15.0 Å². The van der Waals surface area contributed by atoms with Crippen molar-refractivity contribution >= 4 is 11.8 Å². The Hall–Kier alpha value is -2.11. The van der Waals surface area contributed by atoms with Crippen LogP contribution in [0.25, 0.3) is 0 Å². The summed E-state index contributed by atoms with van der Waals surface area (Å²) in [4.78, 5) is 26.4. The Bertz CT molecular complexity index is 609. The molecule has 0 saturated carbocycles. The first-order valence-electron chi connectivity index (χ1n) is 10.0. The van der Waals surface area contributed by atoms with E-state index in [2.05, 4.69) is 12.2 Å². The molecule has 1 atom stereocenters. The molecule has 1 unspecified atom stereocenters. The average molecular weight is 378 g/mol. The van der Waals surface area contributed by atoms with Gasteiger partial charge in [-0.15, -0.1) is 0 Å². The number of piperidine rings is 1. The van der Waals surface area contributed by atoms with Crippen molar-refractivity contribution in [2.75, 3.05) is 26.2 Å². The molecule has 1 aromatic carbocycles. The van der Waals surface area contributed by atoms with Gasteiger partial charge in [0.1, 0.15) is 0 Å². The van der Waals surface area contributed by atoms with Crippen molar-refractivity contribution < 1.29 is 18.7 Å². The first-order valence-corrected chi connectivity index (χ1v) is 10.0. The summed E-state index contributed by atoms with van der Waals surface area (Å²) in [6.07, 6.45) is 6.32. The maximum atomic E-state index is 13.5. The zero-order chi connectivity index (χ0) is 19.5. The highest BCUT2D eigenvalue weighted by atomic mass is 19.1. The number of nitrogens with one attached hydrogen (secondary N) is 1. The lowest BCUT2D eigenvalue weighted by Gasteiger charge is -2.32. The number of ether oxygens (including phenoxy) is 1. The number of carbonyl (C=O) groups excluding carboxylic acids is 2. The minimum Gasteiger partial charge on any atom is -0.490 e. The maximum Gasteiger partial charge on any atom is 0.226 e. The number of hydrogen-bond donors (Lipinski definition) is 1. The minimum absolute atomic E-state index is 0.0478. The summed E-state index contributed by atoms with van der Waals surface area (Å²) in [6, 6.07) is 6.15. The average Bonchev–Trinajstić information content (AvgIpc) is 2.69. The molecule has 2 amide bonds. The Balaban J connectivity index is 1.70. The molecule has 2 rings (SSSR count). The van der Waals surface area contributed by atoms with Crippen molar-refractivity contribution in [2.45, 2.75) is 51.9 Å². The topological polar surface area (TPSA) is 58.6 Å². The fourth-order valence-electron chi connectivity index (χ4n) is 3.29. The molecule has 0 bridgehead atoms. The number of likely N-dealkylation sites (tertiary alicyclic amines) is 1. The third-order valence-corrected chi connectivity index (χ3v) is 4.88. The molecule has 1 aromatic rings. The molecular weight excluding hydrogens is 347 g/mol. The Morgan fingerprint density at radius 1 is 1.26 bits per heavy atom. The summed E-state index contributed by atoms with van der Waals surface area (Å²) >= 11 is 0. The summed E-state index contributed by atoms with van der Waals surface area (Å²) in [6.45, 7) is 4.12.